The first-order valence-electron chi connectivity index (χ1n) is 7.17. The Kier molecular flexibility index (Phi) is 5.79. The molecule has 2 aromatic rings. The van der Waals surface area contributed by atoms with Crippen LogP contribution >= 0.6 is 23.1 Å². The van der Waals surface area contributed by atoms with Crippen LogP contribution in [0, 0.1) is 0 Å². The molecule has 0 aliphatic carbocycles. The van der Waals surface area contributed by atoms with Gasteiger partial charge >= 0.3 is 0 Å². The van der Waals surface area contributed by atoms with Crippen LogP contribution in [0.3, 0.4) is 0 Å². The van der Waals surface area contributed by atoms with Crippen molar-refractivity contribution in [3.63, 3.8) is 0 Å². The largest absolute Gasteiger partial charge is 0.327 e. The van der Waals surface area contributed by atoms with Crippen molar-refractivity contribution in [2.24, 2.45) is 5.73 Å². The molecule has 0 radical (unpaired) electrons. The van der Waals surface area contributed by atoms with E-state index in [1.54, 1.807) is 23.1 Å². The molecule has 0 saturated heterocycles. The molecule has 21 heavy (non-hydrogen) atoms. The van der Waals surface area contributed by atoms with Crippen LogP contribution in [0.25, 0.3) is 0 Å². The minimum absolute atomic E-state index is 0.145. The van der Waals surface area contributed by atoms with Gasteiger partial charge in [-0.15, -0.1) is 11.3 Å². The SMILES string of the molecule is CC(C)(C)c1cncc(CC[C@@H](N)CSc2nccs2)c1. The summed E-state index contributed by atoms with van der Waals surface area (Å²) in [6, 6.07) is 2.45. The van der Waals surface area contributed by atoms with Crippen molar-refractivity contribution in [3.05, 3.63) is 41.2 Å². The molecule has 5 heteroatoms. The minimum atomic E-state index is 0.145. The summed E-state index contributed by atoms with van der Waals surface area (Å²) in [6.07, 6.45) is 7.71. The Labute approximate surface area is 135 Å². The number of hydrogen-bond donors (Lipinski definition) is 1. The predicted molar refractivity (Wildman–Crippen MR) is 92.1 cm³/mol. The van der Waals surface area contributed by atoms with E-state index in [9.17, 15) is 0 Å². The van der Waals surface area contributed by atoms with E-state index in [1.807, 2.05) is 24.0 Å². The molecular formula is C16H23N3S2. The third-order valence-corrected chi connectivity index (χ3v) is 5.45. The molecule has 2 rings (SSSR count). The second-order valence-corrected chi connectivity index (χ2v) is 8.40. The smallest absolute Gasteiger partial charge is 0.149 e. The summed E-state index contributed by atoms with van der Waals surface area (Å²) in [5.74, 6) is 0.917. The topological polar surface area (TPSA) is 51.8 Å². The molecule has 1 atom stereocenters. The van der Waals surface area contributed by atoms with Gasteiger partial charge in [-0.1, -0.05) is 38.6 Å². The Balaban J connectivity index is 1.82. The van der Waals surface area contributed by atoms with Crippen LogP contribution in [0.15, 0.2) is 34.4 Å². The maximum absolute atomic E-state index is 6.20. The van der Waals surface area contributed by atoms with E-state index in [-0.39, 0.29) is 11.5 Å². The van der Waals surface area contributed by atoms with Gasteiger partial charge < -0.3 is 5.73 Å². The van der Waals surface area contributed by atoms with Crippen LogP contribution in [0.5, 0.6) is 0 Å². The monoisotopic (exact) mass is 321 g/mol. The van der Waals surface area contributed by atoms with Crippen molar-refractivity contribution in [1.82, 2.24) is 9.97 Å². The van der Waals surface area contributed by atoms with Crippen LogP contribution < -0.4 is 5.73 Å². The quantitative estimate of drug-likeness (QED) is 0.820. The zero-order valence-electron chi connectivity index (χ0n) is 12.9. The summed E-state index contributed by atoms with van der Waals surface area (Å²) in [6.45, 7) is 6.64. The van der Waals surface area contributed by atoms with E-state index < -0.39 is 0 Å². The number of thioether (sulfide) groups is 1. The van der Waals surface area contributed by atoms with Crippen molar-refractivity contribution in [2.45, 2.75) is 49.4 Å². The number of rotatable bonds is 6. The van der Waals surface area contributed by atoms with E-state index in [2.05, 4.69) is 36.8 Å². The number of pyridine rings is 1. The number of aromatic nitrogens is 2. The third-order valence-electron chi connectivity index (χ3n) is 3.30. The maximum Gasteiger partial charge on any atom is 0.149 e. The van der Waals surface area contributed by atoms with Gasteiger partial charge in [0.15, 0.2) is 0 Å². The van der Waals surface area contributed by atoms with E-state index >= 15 is 0 Å². The first kappa shape index (κ1) is 16.5. The van der Waals surface area contributed by atoms with Crippen LogP contribution in [0.2, 0.25) is 0 Å². The molecule has 114 valence electrons. The molecule has 0 unspecified atom stereocenters. The molecule has 3 nitrogen and oxygen atoms in total. The van der Waals surface area contributed by atoms with Crippen molar-refractivity contribution >= 4 is 23.1 Å². The average molecular weight is 322 g/mol. The first-order chi connectivity index (χ1) is 9.95. The molecule has 0 aliphatic rings. The van der Waals surface area contributed by atoms with Gasteiger partial charge in [0.2, 0.25) is 0 Å². The predicted octanol–water partition coefficient (Wildman–Crippen LogP) is 3.89. The highest BCUT2D eigenvalue weighted by Crippen LogP contribution is 2.23. The first-order valence-corrected chi connectivity index (χ1v) is 9.04. The number of aryl methyl sites for hydroxylation is 1. The van der Waals surface area contributed by atoms with Gasteiger partial charge in [0.05, 0.1) is 0 Å². The number of nitrogens with two attached hydrogens (primary N) is 1. The lowest BCUT2D eigenvalue weighted by Crippen LogP contribution is -2.23. The van der Waals surface area contributed by atoms with Crippen molar-refractivity contribution in [3.8, 4) is 0 Å². The van der Waals surface area contributed by atoms with Gasteiger partial charge in [0.1, 0.15) is 4.34 Å². The highest BCUT2D eigenvalue weighted by atomic mass is 32.2. The van der Waals surface area contributed by atoms with Gasteiger partial charge in [-0.05, 0) is 29.4 Å². The molecule has 2 heterocycles. The molecule has 0 saturated carbocycles. The molecule has 0 aliphatic heterocycles. The lowest BCUT2D eigenvalue weighted by atomic mass is 9.87. The summed E-state index contributed by atoms with van der Waals surface area (Å²) in [5.41, 5.74) is 8.90. The van der Waals surface area contributed by atoms with Gasteiger partial charge in [0.25, 0.3) is 0 Å². The fourth-order valence-electron chi connectivity index (χ4n) is 1.93. The Morgan fingerprint density at radius 1 is 1.33 bits per heavy atom. The lowest BCUT2D eigenvalue weighted by Gasteiger charge is -2.19. The normalized spacial score (nSPS) is 13.3. The lowest BCUT2D eigenvalue weighted by molar-refractivity contribution is 0.585. The van der Waals surface area contributed by atoms with Crippen LogP contribution in [0.4, 0.5) is 0 Å². The molecular weight excluding hydrogens is 298 g/mol. The summed E-state index contributed by atoms with van der Waals surface area (Å²) < 4.78 is 1.10. The summed E-state index contributed by atoms with van der Waals surface area (Å²) in [5, 5.41) is 2.00. The highest BCUT2D eigenvalue weighted by molar-refractivity contribution is 8.01. The van der Waals surface area contributed by atoms with Gasteiger partial charge in [-0.2, -0.15) is 0 Å². The molecule has 0 bridgehead atoms. The molecule has 0 aromatic carbocycles. The highest BCUT2D eigenvalue weighted by Gasteiger charge is 2.14. The summed E-state index contributed by atoms with van der Waals surface area (Å²) in [4.78, 5) is 8.62. The fourth-order valence-corrected chi connectivity index (χ4v) is 3.59. The maximum atomic E-state index is 6.20. The second-order valence-electron chi connectivity index (χ2n) is 6.24. The number of hydrogen-bond acceptors (Lipinski definition) is 5. The molecule has 2 N–H and O–H groups in total. The van der Waals surface area contributed by atoms with Gasteiger partial charge in [0, 0.05) is 35.8 Å². The van der Waals surface area contributed by atoms with Gasteiger partial charge in [-0.3, -0.25) is 4.98 Å². The molecule has 0 amide bonds. The Hall–Kier alpha value is -0.910. The molecule has 0 spiro atoms. The molecule has 2 aromatic heterocycles. The third kappa shape index (κ3) is 5.41. The van der Waals surface area contributed by atoms with Crippen molar-refractivity contribution < 1.29 is 0 Å². The average Bonchev–Trinajstić information content (AvgIpc) is 2.95. The fraction of sp³-hybridized carbons (Fsp3) is 0.500. The Morgan fingerprint density at radius 2 is 2.14 bits per heavy atom. The van der Waals surface area contributed by atoms with E-state index in [4.69, 9.17) is 5.73 Å². The molecule has 0 fully saturated rings. The zero-order chi connectivity index (χ0) is 15.3. The Bertz CT molecular complexity index is 547. The minimum Gasteiger partial charge on any atom is -0.327 e. The zero-order valence-corrected chi connectivity index (χ0v) is 14.5. The number of nitrogens with zero attached hydrogens (tertiary/aromatic N) is 2. The Morgan fingerprint density at radius 3 is 2.81 bits per heavy atom. The summed E-state index contributed by atoms with van der Waals surface area (Å²) >= 11 is 3.41. The van der Waals surface area contributed by atoms with Crippen molar-refractivity contribution in [2.75, 3.05) is 5.75 Å². The summed E-state index contributed by atoms with van der Waals surface area (Å²) in [7, 11) is 0. The number of thiazole rings is 1. The van der Waals surface area contributed by atoms with E-state index in [1.165, 1.54) is 11.1 Å². The van der Waals surface area contributed by atoms with Crippen LogP contribution in [-0.4, -0.2) is 21.8 Å². The van der Waals surface area contributed by atoms with Crippen LogP contribution in [0.1, 0.15) is 38.3 Å². The standard InChI is InChI=1S/C16H23N3S2/c1-16(2,3)13-8-12(9-18-10-13)4-5-14(17)11-21-15-19-6-7-20-15/h6-10,14H,4-5,11,17H2,1-3H3/t14-/m1/s1. The second kappa shape index (κ2) is 7.38. The van der Waals surface area contributed by atoms with E-state index in [0.29, 0.717) is 0 Å². The van der Waals surface area contributed by atoms with Crippen molar-refractivity contribution in [1.29, 1.82) is 0 Å². The van der Waals surface area contributed by atoms with Gasteiger partial charge in [-0.25, -0.2) is 4.98 Å². The van der Waals surface area contributed by atoms with Crippen LogP contribution in [-0.2, 0) is 11.8 Å². The van der Waals surface area contributed by atoms with E-state index in [0.717, 1.165) is 22.9 Å².